The molecule has 0 radical (unpaired) electrons. The normalized spacial score (nSPS) is 10.9. The number of benzene rings is 1. The van der Waals surface area contributed by atoms with Crippen molar-refractivity contribution in [3.63, 3.8) is 0 Å². The second-order valence-corrected chi connectivity index (χ2v) is 7.27. The summed E-state index contributed by atoms with van der Waals surface area (Å²) in [5, 5.41) is 4.85. The molecule has 1 heterocycles. The number of pyridine rings is 1. The average Bonchev–Trinajstić information content (AvgIpc) is 2.49. The van der Waals surface area contributed by atoms with E-state index in [4.69, 9.17) is 0 Å². The van der Waals surface area contributed by atoms with E-state index in [1.165, 1.54) is 12.3 Å². The van der Waals surface area contributed by atoms with Crippen LogP contribution in [0.5, 0.6) is 0 Å². The third kappa shape index (κ3) is 5.81. The minimum absolute atomic E-state index is 0.252. The quantitative estimate of drug-likeness (QED) is 0.821. The third-order valence-electron chi connectivity index (χ3n) is 2.97. The topological polar surface area (TPSA) is 105 Å². The smallest absolute Gasteiger partial charge is 0.240 e. The first-order valence-electron chi connectivity index (χ1n) is 7.12. The third-order valence-corrected chi connectivity index (χ3v) is 4.37. The van der Waals surface area contributed by atoms with E-state index in [2.05, 4.69) is 15.6 Å². The lowest BCUT2D eigenvalue weighted by Gasteiger charge is -2.07. The molecular formula is C16H17N3O4S. The molecule has 0 saturated heterocycles. The minimum atomic E-state index is -3.88. The van der Waals surface area contributed by atoms with Crippen LogP contribution in [-0.2, 0) is 19.4 Å². The van der Waals surface area contributed by atoms with Gasteiger partial charge in [-0.1, -0.05) is 23.8 Å². The fraction of sp³-hybridized carbons (Fsp3) is 0.188. The van der Waals surface area contributed by atoms with Crippen LogP contribution in [0.15, 0.2) is 48.7 Å². The average molecular weight is 347 g/mol. The van der Waals surface area contributed by atoms with Crippen LogP contribution in [0.3, 0.4) is 0 Å². The molecule has 8 heteroatoms. The molecule has 126 valence electrons. The molecule has 0 fully saturated rings. The number of sulfone groups is 1. The maximum absolute atomic E-state index is 11.9. The molecule has 2 amide bonds. The van der Waals surface area contributed by atoms with Crippen molar-refractivity contribution in [1.29, 1.82) is 0 Å². The molecule has 0 atom stereocenters. The van der Waals surface area contributed by atoms with E-state index >= 15 is 0 Å². The highest BCUT2D eigenvalue weighted by Gasteiger charge is 2.21. The lowest BCUT2D eigenvalue weighted by molar-refractivity contribution is -0.114. The second-order valence-electron chi connectivity index (χ2n) is 5.21. The molecule has 7 nitrogen and oxygen atoms in total. The van der Waals surface area contributed by atoms with Gasteiger partial charge in [0.1, 0.15) is 17.3 Å². The zero-order valence-corrected chi connectivity index (χ0v) is 13.8. The van der Waals surface area contributed by atoms with Crippen molar-refractivity contribution in [2.24, 2.45) is 0 Å². The Labute approximate surface area is 140 Å². The number of nitrogens with one attached hydrogen (secondary N) is 2. The first kappa shape index (κ1) is 17.6. The van der Waals surface area contributed by atoms with E-state index in [-0.39, 0.29) is 5.82 Å². The van der Waals surface area contributed by atoms with Gasteiger partial charge in [-0.15, -0.1) is 0 Å². The Morgan fingerprint density at radius 1 is 0.958 bits per heavy atom. The molecule has 2 N–H and O–H groups in total. The molecular weight excluding hydrogens is 330 g/mol. The van der Waals surface area contributed by atoms with Gasteiger partial charge in [0.15, 0.2) is 9.84 Å². The Hall–Kier alpha value is -2.74. The fourth-order valence-corrected chi connectivity index (χ4v) is 2.95. The minimum Gasteiger partial charge on any atom is -0.325 e. The van der Waals surface area contributed by atoms with E-state index < -0.39 is 33.2 Å². The molecule has 0 spiro atoms. The van der Waals surface area contributed by atoms with Crippen LogP contribution in [0.2, 0.25) is 0 Å². The van der Waals surface area contributed by atoms with Gasteiger partial charge in [-0.25, -0.2) is 13.4 Å². The molecule has 24 heavy (non-hydrogen) atoms. The summed E-state index contributed by atoms with van der Waals surface area (Å²) in [5.41, 5.74) is 1.52. The summed E-state index contributed by atoms with van der Waals surface area (Å²) in [4.78, 5) is 27.4. The summed E-state index contributed by atoms with van der Waals surface area (Å²) < 4.78 is 23.9. The van der Waals surface area contributed by atoms with Crippen molar-refractivity contribution >= 4 is 33.2 Å². The Bertz CT molecular complexity index is 818. The number of anilines is 2. The molecule has 1 aromatic carbocycles. The zero-order chi connectivity index (χ0) is 17.6. The number of carbonyl (C=O) groups is 2. The first-order chi connectivity index (χ1) is 11.3. The van der Waals surface area contributed by atoms with Crippen molar-refractivity contribution in [3.8, 4) is 0 Å². The van der Waals surface area contributed by atoms with E-state index in [0.29, 0.717) is 5.69 Å². The van der Waals surface area contributed by atoms with Gasteiger partial charge in [-0.3, -0.25) is 9.59 Å². The molecule has 0 saturated carbocycles. The van der Waals surface area contributed by atoms with E-state index in [0.717, 1.165) is 5.56 Å². The molecule has 2 aromatic rings. The Kier molecular flexibility index (Phi) is 5.64. The van der Waals surface area contributed by atoms with Gasteiger partial charge in [0.05, 0.1) is 0 Å². The lowest BCUT2D eigenvalue weighted by atomic mass is 10.2. The maximum atomic E-state index is 11.9. The van der Waals surface area contributed by atoms with E-state index in [1.807, 2.05) is 6.92 Å². The van der Waals surface area contributed by atoms with Crippen LogP contribution in [0.4, 0.5) is 11.5 Å². The van der Waals surface area contributed by atoms with Gasteiger partial charge in [-0.2, -0.15) is 0 Å². The summed E-state index contributed by atoms with van der Waals surface area (Å²) in [6.07, 6.45) is 1.47. The highest BCUT2D eigenvalue weighted by atomic mass is 32.2. The highest BCUT2D eigenvalue weighted by molar-refractivity contribution is 7.92. The number of carbonyl (C=O) groups excluding carboxylic acids is 2. The largest absolute Gasteiger partial charge is 0.325 e. The fourth-order valence-electron chi connectivity index (χ4n) is 1.90. The summed E-state index contributed by atoms with van der Waals surface area (Å²) in [5.74, 6) is -2.73. The Morgan fingerprint density at radius 2 is 1.58 bits per heavy atom. The lowest BCUT2D eigenvalue weighted by Crippen LogP contribution is -2.30. The summed E-state index contributed by atoms with van der Waals surface area (Å²) in [6, 6.07) is 11.8. The van der Waals surface area contributed by atoms with Gasteiger partial charge in [0.2, 0.25) is 11.8 Å². The maximum Gasteiger partial charge on any atom is 0.240 e. The van der Waals surface area contributed by atoms with Crippen LogP contribution in [0.1, 0.15) is 5.56 Å². The van der Waals surface area contributed by atoms with Crippen molar-refractivity contribution in [3.05, 3.63) is 54.2 Å². The number of aryl methyl sites for hydroxylation is 1. The van der Waals surface area contributed by atoms with Gasteiger partial charge in [0, 0.05) is 11.9 Å². The van der Waals surface area contributed by atoms with E-state index in [1.54, 1.807) is 36.4 Å². The molecule has 0 aliphatic rings. The number of rotatable bonds is 6. The van der Waals surface area contributed by atoms with Crippen LogP contribution >= 0.6 is 0 Å². The molecule has 0 bridgehead atoms. The van der Waals surface area contributed by atoms with Gasteiger partial charge >= 0.3 is 0 Å². The first-order valence-corrected chi connectivity index (χ1v) is 8.94. The number of hydrogen-bond acceptors (Lipinski definition) is 5. The predicted molar refractivity (Wildman–Crippen MR) is 91.3 cm³/mol. The Morgan fingerprint density at radius 3 is 2.17 bits per heavy atom. The monoisotopic (exact) mass is 347 g/mol. The molecule has 0 aliphatic heterocycles. The standard InChI is InChI=1S/C16H17N3O4S/c1-12-5-7-13(8-6-12)18-15(20)10-24(22,23)11-16(21)19-14-4-2-3-9-17-14/h2-9H,10-11H2,1H3,(H,18,20)(H,17,19,21). The molecule has 1 aromatic heterocycles. The van der Waals surface area contributed by atoms with Gasteiger partial charge < -0.3 is 10.6 Å². The van der Waals surface area contributed by atoms with Gasteiger partial charge in [-0.05, 0) is 31.2 Å². The zero-order valence-electron chi connectivity index (χ0n) is 13.0. The number of hydrogen-bond donors (Lipinski definition) is 2. The van der Waals surface area contributed by atoms with Crippen molar-refractivity contribution < 1.29 is 18.0 Å². The van der Waals surface area contributed by atoms with Gasteiger partial charge in [0.25, 0.3) is 0 Å². The molecule has 2 rings (SSSR count). The number of aromatic nitrogens is 1. The SMILES string of the molecule is Cc1ccc(NC(=O)CS(=O)(=O)CC(=O)Nc2ccccn2)cc1. The van der Waals surface area contributed by atoms with Crippen molar-refractivity contribution in [2.75, 3.05) is 22.1 Å². The second kappa shape index (κ2) is 7.69. The van der Waals surface area contributed by atoms with Crippen LogP contribution in [0.25, 0.3) is 0 Å². The van der Waals surface area contributed by atoms with Crippen LogP contribution in [0, 0.1) is 6.92 Å². The van der Waals surface area contributed by atoms with Crippen molar-refractivity contribution in [1.82, 2.24) is 4.98 Å². The number of amides is 2. The summed E-state index contributed by atoms with van der Waals surface area (Å²) in [6.45, 7) is 1.90. The van der Waals surface area contributed by atoms with Crippen LogP contribution < -0.4 is 10.6 Å². The number of nitrogens with zero attached hydrogens (tertiary/aromatic N) is 1. The summed E-state index contributed by atoms with van der Waals surface area (Å²) in [7, 11) is -3.88. The summed E-state index contributed by atoms with van der Waals surface area (Å²) >= 11 is 0. The molecule has 0 unspecified atom stereocenters. The highest BCUT2D eigenvalue weighted by Crippen LogP contribution is 2.09. The molecule has 0 aliphatic carbocycles. The van der Waals surface area contributed by atoms with Crippen LogP contribution in [-0.4, -0.2) is 36.7 Å². The predicted octanol–water partition coefficient (Wildman–Crippen LogP) is 1.38. The van der Waals surface area contributed by atoms with E-state index in [9.17, 15) is 18.0 Å². The Balaban J connectivity index is 1.89. The van der Waals surface area contributed by atoms with Crippen molar-refractivity contribution in [2.45, 2.75) is 6.92 Å².